The standard InChI is InChI=1S/C9H15F3N6O/c1-3-18(5-9(10,11)12)7-14-6(17-13)15-8(16-7)19-4-2/h3-5,13H2,1-2H3,(H,14,15,16,17). The van der Waals surface area contributed by atoms with E-state index in [1.807, 2.05) is 0 Å². The normalized spacial score (nSPS) is 11.3. The molecule has 0 bridgehead atoms. The largest absolute Gasteiger partial charge is 0.464 e. The van der Waals surface area contributed by atoms with Crippen molar-refractivity contribution in [1.82, 2.24) is 15.0 Å². The molecule has 0 saturated carbocycles. The van der Waals surface area contributed by atoms with Crippen LogP contribution in [0.15, 0.2) is 0 Å². The van der Waals surface area contributed by atoms with E-state index in [0.717, 1.165) is 4.90 Å². The van der Waals surface area contributed by atoms with Gasteiger partial charge in [0.15, 0.2) is 0 Å². The second-order valence-corrected chi connectivity index (χ2v) is 3.45. The maximum Gasteiger partial charge on any atom is 0.406 e. The number of rotatable bonds is 6. The van der Waals surface area contributed by atoms with E-state index >= 15 is 0 Å². The highest BCUT2D eigenvalue weighted by atomic mass is 19.4. The van der Waals surface area contributed by atoms with Gasteiger partial charge in [-0.3, -0.25) is 5.43 Å². The van der Waals surface area contributed by atoms with Crippen LogP contribution in [0.5, 0.6) is 6.01 Å². The second-order valence-electron chi connectivity index (χ2n) is 3.45. The summed E-state index contributed by atoms with van der Waals surface area (Å²) in [6.45, 7) is 2.46. The van der Waals surface area contributed by atoms with E-state index in [4.69, 9.17) is 10.6 Å². The van der Waals surface area contributed by atoms with Gasteiger partial charge in [0.25, 0.3) is 0 Å². The molecule has 0 aliphatic rings. The molecule has 10 heteroatoms. The average Bonchev–Trinajstić information content (AvgIpc) is 2.34. The Kier molecular flexibility index (Phi) is 5.10. The fourth-order valence-corrected chi connectivity index (χ4v) is 1.29. The summed E-state index contributed by atoms with van der Waals surface area (Å²) in [6, 6.07) is -0.0823. The molecule has 1 heterocycles. The third-order valence-corrected chi connectivity index (χ3v) is 2.04. The first-order valence-corrected chi connectivity index (χ1v) is 5.56. The van der Waals surface area contributed by atoms with Crippen LogP contribution in [0.3, 0.4) is 0 Å². The Balaban J connectivity index is 3.04. The van der Waals surface area contributed by atoms with Gasteiger partial charge in [0.1, 0.15) is 6.54 Å². The molecule has 1 aromatic heterocycles. The number of ether oxygens (including phenoxy) is 1. The number of hydrazine groups is 1. The number of aromatic nitrogens is 3. The van der Waals surface area contributed by atoms with E-state index in [2.05, 4.69) is 20.4 Å². The Morgan fingerprint density at radius 3 is 2.42 bits per heavy atom. The molecule has 19 heavy (non-hydrogen) atoms. The summed E-state index contributed by atoms with van der Waals surface area (Å²) in [5.41, 5.74) is 2.16. The van der Waals surface area contributed by atoms with Crippen molar-refractivity contribution in [2.24, 2.45) is 5.84 Å². The Bertz CT molecular complexity index is 413. The molecular weight excluding hydrogens is 265 g/mol. The fraction of sp³-hybridized carbons (Fsp3) is 0.667. The summed E-state index contributed by atoms with van der Waals surface area (Å²) in [7, 11) is 0. The zero-order valence-electron chi connectivity index (χ0n) is 10.5. The Hall–Kier alpha value is -1.84. The van der Waals surface area contributed by atoms with Crippen LogP contribution in [0.4, 0.5) is 25.1 Å². The van der Waals surface area contributed by atoms with E-state index in [1.165, 1.54) is 0 Å². The number of nitrogens with zero attached hydrogens (tertiary/aromatic N) is 4. The zero-order valence-corrected chi connectivity index (χ0v) is 10.5. The summed E-state index contributed by atoms with van der Waals surface area (Å²) in [5, 5.41) is 0. The second kappa shape index (κ2) is 6.36. The van der Waals surface area contributed by atoms with Gasteiger partial charge < -0.3 is 9.64 Å². The number of hydrogen-bond donors (Lipinski definition) is 2. The van der Waals surface area contributed by atoms with Crippen LogP contribution in [-0.4, -0.2) is 40.8 Å². The number of hydrogen-bond acceptors (Lipinski definition) is 7. The first-order valence-electron chi connectivity index (χ1n) is 5.56. The first-order chi connectivity index (χ1) is 8.89. The quantitative estimate of drug-likeness (QED) is 0.592. The van der Waals surface area contributed by atoms with Crippen molar-refractivity contribution in [1.29, 1.82) is 0 Å². The monoisotopic (exact) mass is 280 g/mol. The van der Waals surface area contributed by atoms with Crippen LogP contribution in [0.25, 0.3) is 0 Å². The molecule has 0 spiro atoms. The predicted octanol–water partition coefficient (Wildman–Crippen LogP) is 0.945. The van der Waals surface area contributed by atoms with Crippen molar-refractivity contribution in [2.45, 2.75) is 20.0 Å². The topological polar surface area (TPSA) is 89.2 Å². The molecule has 0 aliphatic heterocycles. The number of anilines is 2. The Morgan fingerprint density at radius 1 is 1.26 bits per heavy atom. The summed E-state index contributed by atoms with van der Waals surface area (Å²) >= 11 is 0. The van der Waals surface area contributed by atoms with Crippen molar-refractivity contribution < 1.29 is 17.9 Å². The summed E-state index contributed by atoms with van der Waals surface area (Å²) in [4.78, 5) is 12.3. The molecule has 0 amide bonds. The van der Waals surface area contributed by atoms with Crippen LogP contribution >= 0.6 is 0 Å². The SMILES string of the molecule is CCOc1nc(NN)nc(N(CC)CC(F)(F)F)n1. The van der Waals surface area contributed by atoms with Gasteiger partial charge in [0.2, 0.25) is 11.9 Å². The van der Waals surface area contributed by atoms with Gasteiger partial charge in [0, 0.05) is 6.54 Å². The van der Waals surface area contributed by atoms with Crippen LogP contribution in [-0.2, 0) is 0 Å². The highest BCUT2D eigenvalue weighted by molar-refractivity contribution is 5.37. The highest BCUT2D eigenvalue weighted by Crippen LogP contribution is 2.21. The minimum absolute atomic E-state index is 0.0610. The lowest BCUT2D eigenvalue weighted by Gasteiger charge is -2.22. The number of nitrogen functional groups attached to an aromatic ring is 1. The van der Waals surface area contributed by atoms with E-state index in [1.54, 1.807) is 13.8 Å². The van der Waals surface area contributed by atoms with Gasteiger partial charge >= 0.3 is 12.2 Å². The lowest BCUT2D eigenvalue weighted by Crippen LogP contribution is -2.35. The molecule has 3 N–H and O–H groups in total. The molecule has 0 saturated heterocycles. The lowest BCUT2D eigenvalue weighted by molar-refractivity contribution is -0.119. The molecule has 0 aromatic carbocycles. The van der Waals surface area contributed by atoms with Crippen molar-refractivity contribution in [2.75, 3.05) is 30.0 Å². The van der Waals surface area contributed by atoms with Crippen molar-refractivity contribution in [3.8, 4) is 6.01 Å². The van der Waals surface area contributed by atoms with Gasteiger partial charge in [-0.15, -0.1) is 0 Å². The minimum Gasteiger partial charge on any atom is -0.464 e. The molecule has 0 fully saturated rings. The van der Waals surface area contributed by atoms with Crippen LogP contribution in [0.2, 0.25) is 0 Å². The lowest BCUT2D eigenvalue weighted by atomic mass is 10.5. The van der Waals surface area contributed by atoms with Crippen molar-refractivity contribution >= 4 is 11.9 Å². The van der Waals surface area contributed by atoms with Gasteiger partial charge in [-0.1, -0.05) is 0 Å². The maximum atomic E-state index is 12.4. The zero-order chi connectivity index (χ0) is 14.5. The van der Waals surface area contributed by atoms with Gasteiger partial charge in [-0.25, -0.2) is 5.84 Å². The fourth-order valence-electron chi connectivity index (χ4n) is 1.29. The van der Waals surface area contributed by atoms with Crippen LogP contribution in [0, 0.1) is 0 Å². The van der Waals surface area contributed by atoms with E-state index in [-0.39, 0.29) is 31.1 Å². The summed E-state index contributed by atoms with van der Waals surface area (Å²) < 4.78 is 42.3. The van der Waals surface area contributed by atoms with E-state index in [0.29, 0.717) is 0 Å². The van der Waals surface area contributed by atoms with E-state index in [9.17, 15) is 13.2 Å². The predicted molar refractivity (Wildman–Crippen MR) is 62.7 cm³/mol. The summed E-state index contributed by atoms with van der Waals surface area (Å²) in [5.74, 6) is 4.95. The maximum absolute atomic E-state index is 12.4. The van der Waals surface area contributed by atoms with Gasteiger partial charge in [-0.2, -0.15) is 28.1 Å². The summed E-state index contributed by atoms with van der Waals surface area (Å²) in [6.07, 6.45) is -4.36. The molecule has 7 nitrogen and oxygen atoms in total. The molecule has 1 rings (SSSR count). The third-order valence-electron chi connectivity index (χ3n) is 2.04. The molecule has 0 atom stereocenters. The average molecular weight is 280 g/mol. The highest BCUT2D eigenvalue weighted by Gasteiger charge is 2.31. The molecule has 108 valence electrons. The van der Waals surface area contributed by atoms with Gasteiger partial charge in [0.05, 0.1) is 6.61 Å². The van der Waals surface area contributed by atoms with Crippen LogP contribution < -0.4 is 20.9 Å². The van der Waals surface area contributed by atoms with Gasteiger partial charge in [-0.05, 0) is 13.8 Å². The minimum atomic E-state index is -4.36. The molecule has 0 unspecified atom stereocenters. The van der Waals surface area contributed by atoms with Crippen molar-refractivity contribution in [3.05, 3.63) is 0 Å². The number of alkyl halides is 3. The number of halogens is 3. The smallest absolute Gasteiger partial charge is 0.406 e. The Labute approximate surface area is 108 Å². The molecule has 0 aliphatic carbocycles. The molecular formula is C9H15F3N6O. The molecule has 0 radical (unpaired) electrons. The number of nitrogens with two attached hydrogens (primary N) is 1. The molecule has 1 aromatic rings. The van der Waals surface area contributed by atoms with E-state index < -0.39 is 12.7 Å². The first kappa shape index (κ1) is 15.2. The van der Waals surface area contributed by atoms with Crippen molar-refractivity contribution in [3.63, 3.8) is 0 Å². The van der Waals surface area contributed by atoms with Crippen LogP contribution in [0.1, 0.15) is 13.8 Å². The number of nitrogens with one attached hydrogen (secondary N) is 1. The third kappa shape index (κ3) is 4.73. The Morgan fingerprint density at radius 2 is 1.95 bits per heavy atom.